The lowest BCUT2D eigenvalue weighted by atomic mass is 10.1. The van der Waals surface area contributed by atoms with Crippen LogP contribution in [0, 0.1) is 5.92 Å². The first-order valence-electron chi connectivity index (χ1n) is 5.28. The molecular formula is C12H15Br3O. The van der Waals surface area contributed by atoms with Crippen molar-refractivity contribution < 1.29 is 4.74 Å². The van der Waals surface area contributed by atoms with Crippen molar-refractivity contribution >= 4 is 47.8 Å². The summed E-state index contributed by atoms with van der Waals surface area (Å²) in [4.78, 5) is 0. The lowest BCUT2D eigenvalue weighted by Gasteiger charge is -2.13. The van der Waals surface area contributed by atoms with Gasteiger partial charge in [-0.1, -0.05) is 28.9 Å². The zero-order valence-electron chi connectivity index (χ0n) is 9.18. The second-order valence-electron chi connectivity index (χ2n) is 3.77. The summed E-state index contributed by atoms with van der Waals surface area (Å²) in [6, 6.07) is 5.96. The van der Waals surface area contributed by atoms with E-state index in [1.54, 1.807) is 0 Å². The van der Waals surface area contributed by atoms with Crippen molar-refractivity contribution in [3.05, 3.63) is 27.1 Å². The molecule has 1 rings (SSSR count). The van der Waals surface area contributed by atoms with Gasteiger partial charge in [-0.25, -0.2) is 0 Å². The summed E-state index contributed by atoms with van der Waals surface area (Å²) in [6.45, 7) is 3.01. The molecule has 0 spiro atoms. The molecule has 1 unspecified atom stereocenters. The number of rotatable bonds is 6. The third kappa shape index (κ3) is 4.76. The number of ether oxygens (including phenoxy) is 1. The molecule has 4 heteroatoms. The van der Waals surface area contributed by atoms with Crippen LogP contribution in [0.5, 0.6) is 5.75 Å². The lowest BCUT2D eigenvalue weighted by molar-refractivity contribution is 0.279. The second-order valence-corrected chi connectivity index (χ2v) is 6.27. The van der Waals surface area contributed by atoms with Gasteiger partial charge in [0.15, 0.2) is 0 Å². The molecule has 90 valence electrons. The second kappa shape index (κ2) is 7.72. The van der Waals surface area contributed by atoms with Gasteiger partial charge in [-0.05, 0) is 62.8 Å². The molecule has 0 aliphatic carbocycles. The van der Waals surface area contributed by atoms with Gasteiger partial charge in [0.25, 0.3) is 0 Å². The van der Waals surface area contributed by atoms with E-state index in [0.29, 0.717) is 5.92 Å². The minimum Gasteiger partial charge on any atom is -0.491 e. The van der Waals surface area contributed by atoms with Crippen molar-refractivity contribution in [2.24, 2.45) is 5.92 Å². The standard InChI is InChI=1S/C12H15Br3O/c1-9(5-7-13)6-8-16-12-10(14)3-2-4-11(12)15/h2-4,9H,5-8H2,1H3. The smallest absolute Gasteiger partial charge is 0.147 e. The van der Waals surface area contributed by atoms with E-state index in [9.17, 15) is 0 Å². The third-order valence-corrected chi connectivity index (χ3v) is 4.08. The van der Waals surface area contributed by atoms with Crippen LogP contribution in [-0.2, 0) is 0 Å². The zero-order valence-corrected chi connectivity index (χ0v) is 13.9. The number of halogens is 3. The molecule has 0 fully saturated rings. The number of hydrogen-bond acceptors (Lipinski definition) is 1. The van der Waals surface area contributed by atoms with E-state index in [2.05, 4.69) is 54.7 Å². The molecule has 0 aliphatic heterocycles. The van der Waals surface area contributed by atoms with E-state index in [4.69, 9.17) is 4.74 Å². The van der Waals surface area contributed by atoms with Crippen molar-refractivity contribution in [1.82, 2.24) is 0 Å². The average molecular weight is 415 g/mol. The van der Waals surface area contributed by atoms with E-state index in [0.717, 1.165) is 33.1 Å². The maximum absolute atomic E-state index is 5.78. The van der Waals surface area contributed by atoms with E-state index in [1.807, 2.05) is 18.2 Å². The van der Waals surface area contributed by atoms with Crippen LogP contribution >= 0.6 is 47.8 Å². The Balaban J connectivity index is 2.43. The Kier molecular flexibility index (Phi) is 7.01. The van der Waals surface area contributed by atoms with Crippen LogP contribution in [0.25, 0.3) is 0 Å². The predicted octanol–water partition coefficient (Wildman–Crippen LogP) is 5.40. The maximum Gasteiger partial charge on any atom is 0.147 e. The molecule has 0 aromatic heterocycles. The highest BCUT2D eigenvalue weighted by atomic mass is 79.9. The highest BCUT2D eigenvalue weighted by Crippen LogP contribution is 2.33. The topological polar surface area (TPSA) is 9.23 Å². The van der Waals surface area contributed by atoms with Crippen LogP contribution < -0.4 is 4.74 Å². The summed E-state index contributed by atoms with van der Waals surface area (Å²) in [5.74, 6) is 1.59. The normalized spacial score (nSPS) is 12.5. The van der Waals surface area contributed by atoms with E-state index < -0.39 is 0 Å². The Morgan fingerprint density at radius 1 is 1.19 bits per heavy atom. The number of hydrogen-bond donors (Lipinski definition) is 0. The van der Waals surface area contributed by atoms with Gasteiger partial charge in [-0.15, -0.1) is 0 Å². The van der Waals surface area contributed by atoms with Crippen molar-refractivity contribution in [2.45, 2.75) is 19.8 Å². The van der Waals surface area contributed by atoms with Crippen LogP contribution in [0.15, 0.2) is 27.1 Å². The van der Waals surface area contributed by atoms with Gasteiger partial charge in [0.05, 0.1) is 15.6 Å². The van der Waals surface area contributed by atoms with Gasteiger partial charge in [0.1, 0.15) is 5.75 Å². The summed E-state index contributed by atoms with van der Waals surface area (Å²) in [7, 11) is 0. The molecule has 0 N–H and O–H groups in total. The van der Waals surface area contributed by atoms with E-state index >= 15 is 0 Å². The first-order valence-corrected chi connectivity index (χ1v) is 7.98. The first-order chi connectivity index (χ1) is 7.65. The van der Waals surface area contributed by atoms with Crippen molar-refractivity contribution in [3.8, 4) is 5.75 Å². The summed E-state index contributed by atoms with van der Waals surface area (Å²) in [6.07, 6.45) is 2.28. The number of para-hydroxylation sites is 1. The summed E-state index contributed by atoms with van der Waals surface area (Å²) in [5.41, 5.74) is 0. The molecule has 0 bridgehead atoms. The summed E-state index contributed by atoms with van der Waals surface area (Å²) < 4.78 is 7.77. The van der Waals surface area contributed by atoms with E-state index in [1.165, 1.54) is 6.42 Å². The van der Waals surface area contributed by atoms with Gasteiger partial charge in [-0.2, -0.15) is 0 Å². The summed E-state index contributed by atoms with van der Waals surface area (Å²) in [5, 5.41) is 1.06. The fourth-order valence-corrected chi connectivity index (χ4v) is 3.32. The van der Waals surface area contributed by atoms with Crippen molar-refractivity contribution in [2.75, 3.05) is 11.9 Å². The SMILES string of the molecule is CC(CCBr)CCOc1c(Br)cccc1Br. The largest absolute Gasteiger partial charge is 0.491 e. The fourth-order valence-electron chi connectivity index (χ4n) is 1.31. The molecule has 1 aromatic rings. The average Bonchev–Trinajstić information content (AvgIpc) is 2.23. The molecule has 0 aliphatic rings. The molecule has 16 heavy (non-hydrogen) atoms. The fraction of sp³-hybridized carbons (Fsp3) is 0.500. The molecule has 0 heterocycles. The van der Waals surface area contributed by atoms with Crippen LogP contribution in [0.2, 0.25) is 0 Å². The third-order valence-electron chi connectivity index (χ3n) is 2.38. The van der Waals surface area contributed by atoms with Gasteiger partial charge in [-0.3, -0.25) is 0 Å². The van der Waals surface area contributed by atoms with Crippen LogP contribution in [0.4, 0.5) is 0 Å². The Morgan fingerprint density at radius 2 is 1.81 bits per heavy atom. The Hall–Kier alpha value is 0.460. The van der Waals surface area contributed by atoms with E-state index in [-0.39, 0.29) is 0 Å². The van der Waals surface area contributed by atoms with Gasteiger partial charge in [0.2, 0.25) is 0 Å². The van der Waals surface area contributed by atoms with Crippen LogP contribution in [0.1, 0.15) is 19.8 Å². The zero-order chi connectivity index (χ0) is 12.0. The molecular weight excluding hydrogens is 400 g/mol. The van der Waals surface area contributed by atoms with Crippen LogP contribution in [-0.4, -0.2) is 11.9 Å². The highest BCUT2D eigenvalue weighted by molar-refractivity contribution is 9.11. The minimum atomic E-state index is 0.695. The molecule has 0 radical (unpaired) electrons. The first kappa shape index (κ1) is 14.5. The Bertz CT molecular complexity index is 308. The molecule has 1 nitrogen and oxygen atoms in total. The molecule has 1 atom stereocenters. The molecule has 1 aromatic carbocycles. The highest BCUT2D eigenvalue weighted by Gasteiger charge is 2.07. The number of benzene rings is 1. The van der Waals surface area contributed by atoms with Crippen molar-refractivity contribution in [1.29, 1.82) is 0 Å². The Morgan fingerprint density at radius 3 is 2.38 bits per heavy atom. The monoisotopic (exact) mass is 412 g/mol. The number of alkyl halides is 1. The lowest BCUT2D eigenvalue weighted by Crippen LogP contribution is -2.05. The van der Waals surface area contributed by atoms with Crippen LogP contribution in [0.3, 0.4) is 0 Å². The molecule has 0 amide bonds. The van der Waals surface area contributed by atoms with Crippen molar-refractivity contribution in [3.63, 3.8) is 0 Å². The molecule has 0 saturated heterocycles. The maximum atomic E-state index is 5.78. The molecule has 0 saturated carbocycles. The Labute approximate surface area is 122 Å². The quantitative estimate of drug-likeness (QED) is 0.566. The minimum absolute atomic E-state index is 0.695. The predicted molar refractivity (Wildman–Crippen MR) is 79.5 cm³/mol. The summed E-state index contributed by atoms with van der Waals surface area (Å²) >= 11 is 10.4. The van der Waals surface area contributed by atoms with Gasteiger partial charge < -0.3 is 4.74 Å². The van der Waals surface area contributed by atoms with Gasteiger partial charge in [0, 0.05) is 5.33 Å². The van der Waals surface area contributed by atoms with Gasteiger partial charge >= 0.3 is 0 Å².